The van der Waals surface area contributed by atoms with E-state index < -0.39 is 0 Å². The van der Waals surface area contributed by atoms with Gasteiger partial charge in [0.2, 0.25) is 5.91 Å². The Morgan fingerprint density at radius 3 is 2.53 bits per heavy atom. The normalized spacial score (nSPS) is 21.1. The molecule has 90 valence electrons. The van der Waals surface area contributed by atoms with Crippen LogP contribution in [0, 0.1) is 12.8 Å². The lowest BCUT2D eigenvalue weighted by Gasteiger charge is -2.20. The zero-order valence-corrected chi connectivity index (χ0v) is 10.1. The van der Waals surface area contributed by atoms with Gasteiger partial charge in [-0.15, -0.1) is 0 Å². The molecule has 1 fully saturated rings. The minimum atomic E-state index is -0.330. The van der Waals surface area contributed by atoms with Crippen molar-refractivity contribution in [3.63, 3.8) is 0 Å². The number of rotatable bonds is 1. The fourth-order valence-electron chi connectivity index (χ4n) is 1.86. The molecule has 17 heavy (non-hydrogen) atoms. The van der Waals surface area contributed by atoms with E-state index in [0.29, 0.717) is 18.7 Å². The summed E-state index contributed by atoms with van der Waals surface area (Å²) >= 11 is 0. The van der Waals surface area contributed by atoms with Crippen LogP contribution in [-0.2, 0) is 4.79 Å². The van der Waals surface area contributed by atoms with Gasteiger partial charge >= 0.3 is 6.03 Å². The number of nitrogens with one attached hydrogen (secondary N) is 1. The number of urea groups is 1. The first-order chi connectivity index (χ1) is 8.09. The molecule has 4 heteroatoms. The van der Waals surface area contributed by atoms with E-state index in [2.05, 4.69) is 5.32 Å². The smallest absolute Gasteiger partial charge is 0.328 e. The minimum absolute atomic E-state index is 0.129. The lowest BCUT2D eigenvalue weighted by molar-refractivity contribution is -0.121. The van der Waals surface area contributed by atoms with Crippen molar-refractivity contribution in [2.45, 2.75) is 20.3 Å². The summed E-state index contributed by atoms with van der Waals surface area (Å²) in [5.41, 5.74) is 1.73. The highest BCUT2D eigenvalue weighted by atomic mass is 16.2. The Morgan fingerprint density at radius 2 is 1.88 bits per heavy atom. The van der Waals surface area contributed by atoms with Crippen LogP contribution in [0.1, 0.15) is 18.9 Å². The van der Waals surface area contributed by atoms with Gasteiger partial charge in [0.05, 0.1) is 5.69 Å². The highest BCUT2D eigenvalue weighted by molar-refractivity contribution is 6.15. The summed E-state index contributed by atoms with van der Waals surface area (Å²) in [7, 11) is 0. The van der Waals surface area contributed by atoms with Gasteiger partial charge in [0.25, 0.3) is 0 Å². The molecule has 1 atom stereocenters. The number of benzene rings is 1. The highest BCUT2D eigenvalue weighted by Crippen LogP contribution is 2.20. The molecule has 1 N–H and O–H groups in total. The quantitative estimate of drug-likeness (QED) is 0.805. The third kappa shape index (κ3) is 2.30. The Morgan fingerprint density at radius 1 is 1.24 bits per heavy atom. The second-order valence-corrected chi connectivity index (χ2v) is 4.43. The fraction of sp³-hybridized carbons (Fsp3) is 0.385. The van der Waals surface area contributed by atoms with Crippen molar-refractivity contribution in [1.82, 2.24) is 5.32 Å². The third-order valence-corrected chi connectivity index (χ3v) is 2.99. The van der Waals surface area contributed by atoms with Crippen molar-refractivity contribution in [2.24, 2.45) is 5.92 Å². The van der Waals surface area contributed by atoms with Crippen LogP contribution in [0.15, 0.2) is 24.3 Å². The van der Waals surface area contributed by atoms with E-state index in [0.717, 1.165) is 5.56 Å². The zero-order valence-electron chi connectivity index (χ0n) is 10.1. The predicted molar refractivity (Wildman–Crippen MR) is 65.8 cm³/mol. The summed E-state index contributed by atoms with van der Waals surface area (Å²) in [4.78, 5) is 25.2. The molecule has 1 unspecified atom stereocenters. The van der Waals surface area contributed by atoms with Gasteiger partial charge in [-0.3, -0.25) is 4.79 Å². The molecule has 0 aliphatic carbocycles. The lowest BCUT2D eigenvalue weighted by atomic mass is 10.1. The van der Waals surface area contributed by atoms with E-state index in [1.165, 1.54) is 4.90 Å². The molecule has 2 rings (SSSR count). The number of hydrogen-bond donors (Lipinski definition) is 1. The van der Waals surface area contributed by atoms with Crippen LogP contribution in [-0.4, -0.2) is 18.5 Å². The Bertz CT molecular complexity index is 439. The first kappa shape index (κ1) is 11.6. The largest absolute Gasteiger partial charge is 0.337 e. The van der Waals surface area contributed by atoms with Gasteiger partial charge in [-0.25, -0.2) is 9.69 Å². The van der Waals surface area contributed by atoms with E-state index in [1.807, 2.05) is 26.0 Å². The van der Waals surface area contributed by atoms with E-state index in [4.69, 9.17) is 0 Å². The molecule has 1 heterocycles. The number of amides is 3. The molecule has 1 saturated heterocycles. The molecule has 1 aromatic carbocycles. The molecule has 0 aromatic heterocycles. The monoisotopic (exact) mass is 232 g/mol. The molecule has 0 bridgehead atoms. The van der Waals surface area contributed by atoms with Crippen LogP contribution in [0.2, 0.25) is 0 Å². The first-order valence-corrected chi connectivity index (χ1v) is 5.78. The number of aryl methyl sites for hydroxylation is 1. The number of imide groups is 1. The molecular weight excluding hydrogens is 216 g/mol. The Kier molecular flexibility index (Phi) is 3.13. The molecule has 1 aromatic rings. The van der Waals surface area contributed by atoms with Gasteiger partial charge < -0.3 is 5.32 Å². The second kappa shape index (κ2) is 4.57. The van der Waals surface area contributed by atoms with E-state index in [1.54, 1.807) is 12.1 Å². The van der Waals surface area contributed by atoms with Gasteiger partial charge in [-0.2, -0.15) is 0 Å². The Balaban J connectivity index is 2.36. The molecule has 0 radical (unpaired) electrons. The van der Waals surface area contributed by atoms with Gasteiger partial charge in [-0.1, -0.05) is 24.6 Å². The van der Waals surface area contributed by atoms with Crippen molar-refractivity contribution >= 4 is 17.6 Å². The molecule has 3 amide bonds. The molecule has 1 aliphatic heterocycles. The molecule has 0 spiro atoms. The van der Waals surface area contributed by atoms with Gasteiger partial charge in [0.1, 0.15) is 0 Å². The van der Waals surface area contributed by atoms with Crippen LogP contribution in [0.5, 0.6) is 0 Å². The fourth-order valence-corrected chi connectivity index (χ4v) is 1.86. The molecular formula is C13H16N2O2. The Hall–Kier alpha value is -1.84. The van der Waals surface area contributed by atoms with Gasteiger partial charge in [0.15, 0.2) is 0 Å². The number of anilines is 1. The van der Waals surface area contributed by atoms with Crippen LogP contribution in [0.3, 0.4) is 0 Å². The third-order valence-electron chi connectivity index (χ3n) is 2.99. The maximum Gasteiger partial charge on any atom is 0.328 e. The van der Waals surface area contributed by atoms with Crippen molar-refractivity contribution in [3.05, 3.63) is 29.8 Å². The molecule has 0 saturated carbocycles. The Labute approximate surface area is 101 Å². The number of carbonyl (C=O) groups excluding carboxylic acids is 2. The van der Waals surface area contributed by atoms with E-state index in [-0.39, 0.29) is 17.9 Å². The van der Waals surface area contributed by atoms with Crippen molar-refractivity contribution in [1.29, 1.82) is 0 Å². The maximum absolute atomic E-state index is 12.1. The van der Waals surface area contributed by atoms with Crippen LogP contribution in [0.25, 0.3) is 0 Å². The van der Waals surface area contributed by atoms with E-state index >= 15 is 0 Å². The average Bonchev–Trinajstić information content (AvgIpc) is 2.42. The maximum atomic E-state index is 12.1. The summed E-state index contributed by atoms with van der Waals surface area (Å²) in [6.45, 7) is 4.37. The summed E-state index contributed by atoms with van der Waals surface area (Å²) in [5, 5.41) is 2.73. The topological polar surface area (TPSA) is 49.4 Å². The summed E-state index contributed by atoms with van der Waals surface area (Å²) in [6, 6.07) is 7.05. The zero-order chi connectivity index (χ0) is 12.4. The van der Waals surface area contributed by atoms with E-state index in [9.17, 15) is 9.59 Å². The summed E-state index contributed by atoms with van der Waals surface area (Å²) in [6.07, 6.45) is 0.687. The number of carbonyl (C=O) groups is 2. The summed E-state index contributed by atoms with van der Waals surface area (Å²) < 4.78 is 0. The number of hydrogen-bond acceptors (Lipinski definition) is 2. The predicted octanol–water partition coefficient (Wildman–Crippen LogP) is 2.08. The first-order valence-electron chi connectivity index (χ1n) is 5.78. The van der Waals surface area contributed by atoms with Crippen LogP contribution in [0.4, 0.5) is 10.5 Å². The second-order valence-electron chi connectivity index (χ2n) is 4.43. The lowest BCUT2D eigenvalue weighted by Crippen LogP contribution is -2.42. The molecule has 4 nitrogen and oxygen atoms in total. The highest BCUT2D eigenvalue weighted by Gasteiger charge is 2.30. The average molecular weight is 232 g/mol. The van der Waals surface area contributed by atoms with Crippen molar-refractivity contribution < 1.29 is 9.59 Å². The van der Waals surface area contributed by atoms with Crippen LogP contribution < -0.4 is 10.2 Å². The number of nitrogens with zero attached hydrogens (tertiary/aromatic N) is 1. The minimum Gasteiger partial charge on any atom is -0.337 e. The van der Waals surface area contributed by atoms with Crippen molar-refractivity contribution in [2.75, 3.05) is 11.4 Å². The molecule has 1 aliphatic rings. The van der Waals surface area contributed by atoms with Crippen LogP contribution >= 0.6 is 0 Å². The summed E-state index contributed by atoms with van der Waals surface area (Å²) in [5.74, 6) is -0.265. The van der Waals surface area contributed by atoms with Crippen molar-refractivity contribution in [3.8, 4) is 0 Å². The standard InChI is InChI=1S/C13H16N2O2/c1-9-3-5-11(6-4-9)15-12(16)10(2)7-8-14-13(15)17/h3-6,10H,7-8H2,1-2H3,(H,14,17). The van der Waals surface area contributed by atoms with Gasteiger partial charge in [0, 0.05) is 12.5 Å². The SMILES string of the molecule is Cc1ccc(N2C(=O)NCCC(C)C2=O)cc1. The van der Waals surface area contributed by atoms with Gasteiger partial charge in [-0.05, 0) is 25.5 Å².